The molecule has 1 amide bonds. The maximum atomic E-state index is 13.1. The smallest absolute Gasteiger partial charge is 0.258 e. The number of carbonyl (C=O) groups is 1. The van der Waals surface area contributed by atoms with Crippen LogP contribution in [0.4, 0.5) is 0 Å². The molecule has 1 aromatic carbocycles. The van der Waals surface area contributed by atoms with Gasteiger partial charge in [0.2, 0.25) is 0 Å². The molecule has 0 saturated carbocycles. The predicted molar refractivity (Wildman–Crippen MR) is 92.6 cm³/mol. The van der Waals surface area contributed by atoms with Gasteiger partial charge in [-0.2, -0.15) is 5.10 Å². The summed E-state index contributed by atoms with van der Waals surface area (Å²) in [7, 11) is 0. The number of aliphatic hydroxyl groups excluding tert-OH is 1. The minimum atomic E-state index is -0.0691. The average molecular weight is 323 g/mol. The van der Waals surface area contributed by atoms with Crippen LogP contribution >= 0.6 is 0 Å². The van der Waals surface area contributed by atoms with Crippen LogP contribution < -0.4 is 0 Å². The van der Waals surface area contributed by atoms with Crippen molar-refractivity contribution in [3.8, 4) is 0 Å². The van der Waals surface area contributed by atoms with E-state index < -0.39 is 0 Å². The van der Waals surface area contributed by atoms with Crippen LogP contribution in [0.15, 0.2) is 60.9 Å². The Labute approximate surface area is 141 Å². The number of hydrogen-bond donors (Lipinski definition) is 1. The molecule has 0 unspecified atom stereocenters. The Bertz CT molecular complexity index is 814. The van der Waals surface area contributed by atoms with Crippen LogP contribution in [-0.4, -0.2) is 38.7 Å². The second kappa shape index (κ2) is 7.27. The van der Waals surface area contributed by atoms with Gasteiger partial charge < -0.3 is 10.0 Å². The van der Waals surface area contributed by atoms with Crippen LogP contribution in [0.5, 0.6) is 0 Å². The molecular weight excluding hydrogens is 302 g/mol. The van der Waals surface area contributed by atoms with Gasteiger partial charge in [-0.25, -0.2) is 4.52 Å². The molecule has 0 fully saturated rings. The normalized spacial score (nSPS) is 12.2. The summed E-state index contributed by atoms with van der Waals surface area (Å²) in [4.78, 5) is 14.8. The van der Waals surface area contributed by atoms with Crippen LogP contribution in [0.2, 0.25) is 0 Å². The van der Waals surface area contributed by atoms with Crippen LogP contribution in [0.3, 0.4) is 0 Å². The molecule has 1 atom stereocenters. The van der Waals surface area contributed by atoms with Crippen molar-refractivity contribution in [1.29, 1.82) is 0 Å². The van der Waals surface area contributed by atoms with Crippen molar-refractivity contribution in [3.63, 3.8) is 0 Å². The third kappa shape index (κ3) is 3.46. The first-order valence-electron chi connectivity index (χ1n) is 8.05. The van der Waals surface area contributed by atoms with Crippen LogP contribution in [-0.2, 0) is 6.54 Å². The molecule has 3 aromatic rings. The zero-order valence-corrected chi connectivity index (χ0v) is 13.7. The van der Waals surface area contributed by atoms with E-state index in [2.05, 4.69) is 5.10 Å². The molecule has 124 valence electrons. The number of nitrogens with zero attached hydrogens (tertiary/aromatic N) is 3. The maximum Gasteiger partial charge on any atom is 0.258 e. The summed E-state index contributed by atoms with van der Waals surface area (Å²) in [5.41, 5.74) is 2.43. The van der Waals surface area contributed by atoms with Crippen molar-refractivity contribution in [2.75, 3.05) is 13.2 Å². The second-order valence-electron chi connectivity index (χ2n) is 6.05. The van der Waals surface area contributed by atoms with Crippen molar-refractivity contribution >= 4 is 11.4 Å². The lowest BCUT2D eigenvalue weighted by atomic mass is 10.1. The van der Waals surface area contributed by atoms with Crippen molar-refractivity contribution in [2.24, 2.45) is 5.92 Å². The van der Waals surface area contributed by atoms with Gasteiger partial charge in [0.05, 0.1) is 17.3 Å². The summed E-state index contributed by atoms with van der Waals surface area (Å²) >= 11 is 0. The van der Waals surface area contributed by atoms with Crippen LogP contribution in [0.25, 0.3) is 5.52 Å². The van der Waals surface area contributed by atoms with Crippen molar-refractivity contribution in [2.45, 2.75) is 13.5 Å². The third-order valence-electron chi connectivity index (χ3n) is 4.00. The molecular formula is C19H21N3O2. The Morgan fingerprint density at radius 1 is 1.21 bits per heavy atom. The largest absolute Gasteiger partial charge is 0.396 e. The van der Waals surface area contributed by atoms with Gasteiger partial charge in [-0.3, -0.25) is 4.79 Å². The fourth-order valence-electron chi connectivity index (χ4n) is 2.73. The summed E-state index contributed by atoms with van der Waals surface area (Å²) in [6.07, 6.45) is 3.43. The summed E-state index contributed by atoms with van der Waals surface area (Å²) in [5, 5.41) is 13.6. The number of carbonyl (C=O) groups excluding carboxylic acids is 1. The van der Waals surface area contributed by atoms with Crippen LogP contribution in [0, 0.1) is 5.92 Å². The third-order valence-corrected chi connectivity index (χ3v) is 4.00. The lowest BCUT2D eigenvalue weighted by molar-refractivity contribution is 0.0696. The molecule has 0 aliphatic heterocycles. The Hall–Kier alpha value is -2.66. The SMILES string of the molecule is C[C@@H](CO)CN(Cc1ccccc1)C(=O)c1cnn2ccccc12. The van der Waals surface area contributed by atoms with Gasteiger partial charge in [0.15, 0.2) is 0 Å². The lowest BCUT2D eigenvalue weighted by Crippen LogP contribution is -2.35. The molecule has 0 aliphatic rings. The fourth-order valence-corrected chi connectivity index (χ4v) is 2.73. The topological polar surface area (TPSA) is 57.8 Å². The quantitative estimate of drug-likeness (QED) is 0.758. The van der Waals surface area contributed by atoms with E-state index in [1.54, 1.807) is 15.6 Å². The van der Waals surface area contributed by atoms with E-state index in [-0.39, 0.29) is 18.4 Å². The molecule has 5 heteroatoms. The lowest BCUT2D eigenvalue weighted by Gasteiger charge is -2.25. The highest BCUT2D eigenvalue weighted by Crippen LogP contribution is 2.16. The monoisotopic (exact) mass is 323 g/mol. The minimum Gasteiger partial charge on any atom is -0.396 e. The highest BCUT2D eigenvalue weighted by Gasteiger charge is 2.21. The van der Waals surface area contributed by atoms with E-state index in [4.69, 9.17) is 0 Å². The molecule has 2 heterocycles. The Morgan fingerprint density at radius 2 is 1.96 bits per heavy atom. The first-order valence-corrected chi connectivity index (χ1v) is 8.05. The number of pyridine rings is 1. The van der Waals surface area contributed by atoms with Gasteiger partial charge in [0.1, 0.15) is 0 Å². The molecule has 0 saturated heterocycles. The van der Waals surface area contributed by atoms with Crippen molar-refractivity contribution < 1.29 is 9.90 Å². The van der Waals surface area contributed by atoms with E-state index in [0.29, 0.717) is 18.7 Å². The zero-order chi connectivity index (χ0) is 16.9. The van der Waals surface area contributed by atoms with Crippen molar-refractivity contribution in [3.05, 3.63) is 72.1 Å². The number of fused-ring (bicyclic) bond motifs is 1. The minimum absolute atomic E-state index is 0.0134. The van der Waals surface area contributed by atoms with Crippen LogP contribution in [0.1, 0.15) is 22.8 Å². The van der Waals surface area contributed by atoms with Gasteiger partial charge in [-0.15, -0.1) is 0 Å². The molecule has 0 bridgehead atoms. The molecule has 0 aliphatic carbocycles. The van der Waals surface area contributed by atoms with Crippen molar-refractivity contribution in [1.82, 2.24) is 14.5 Å². The number of hydrogen-bond acceptors (Lipinski definition) is 3. The molecule has 0 radical (unpaired) electrons. The molecule has 3 rings (SSSR count). The Morgan fingerprint density at radius 3 is 2.71 bits per heavy atom. The Kier molecular flexibility index (Phi) is 4.91. The number of aromatic nitrogens is 2. The van der Waals surface area contributed by atoms with E-state index in [9.17, 15) is 9.90 Å². The van der Waals surface area contributed by atoms with E-state index in [0.717, 1.165) is 11.1 Å². The summed E-state index contributed by atoms with van der Waals surface area (Å²) in [5.74, 6) is -0.0557. The number of amides is 1. The standard InChI is InChI=1S/C19H21N3O2/c1-15(14-23)12-21(13-16-7-3-2-4-8-16)19(24)17-11-20-22-10-6-5-9-18(17)22/h2-11,15,23H,12-14H2,1H3/t15-/m1/s1. The first kappa shape index (κ1) is 16.2. The predicted octanol–water partition coefficient (Wildman–Crippen LogP) is 2.61. The van der Waals surface area contributed by atoms with E-state index in [1.165, 1.54) is 0 Å². The number of rotatable bonds is 6. The number of benzene rings is 1. The molecule has 2 aromatic heterocycles. The molecule has 1 N–H and O–H groups in total. The summed E-state index contributed by atoms with van der Waals surface area (Å²) in [6, 6.07) is 15.5. The molecule has 0 spiro atoms. The zero-order valence-electron chi connectivity index (χ0n) is 13.7. The Balaban J connectivity index is 1.90. The number of aliphatic hydroxyl groups is 1. The van der Waals surface area contributed by atoms with Gasteiger partial charge in [0, 0.05) is 25.9 Å². The van der Waals surface area contributed by atoms with Gasteiger partial charge in [-0.1, -0.05) is 43.3 Å². The highest BCUT2D eigenvalue weighted by atomic mass is 16.3. The van der Waals surface area contributed by atoms with E-state index >= 15 is 0 Å². The first-order chi connectivity index (χ1) is 11.7. The highest BCUT2D eigenvalue weighted by molar-refractivity contribution is 6.00. The summed E-state index contributed by atoms with van der Waals surface area (Å²) < 4.78 is 1.70. The summed E-state index contributed by atoms with van der Waals surface area (Å²) in [6.45, 7) is 2.98. The van der Waals surface area contributed by atoms with E-state index in [1.807, 2.05) is 61.7 Å². The molecule has 5 nitrogen and oxygen atoms in total. The second-order valence-corrected chi connectivity index (χ2v) is 6.05. The average Bonchev–Trinajstić information content (AvgIpc) is 3.05. The van der Waals surface area contributed by atoms with Gasteiger partial charge in [0.25, 0.3) is 5.91 Å². The van der Waals surface area contributed by atoms with Gasteiger partial charge >= 0.3 is 0 Å². The fraction of sp³-hybridized carbons (Fsp3) is 0.263. The molecule has 24 heavy (non-hydrogen) atoms. The van der Waals surface area contributed by atoms with Gasteiger partial charge in [-0.05, 0) is 23.6 Å². The maximum absolute atomic E-state index is 13.1.